The van der Waals surface area contributed by atoms with Crippen LogP contribution < -0.4 is 5.32 Å². The number of hydrogen-bond acceptors (Lipinski definition) is 3. The van der Waals surface area contributed by atoms with Crippen LogP contribution in [0.15, 0.2) is 47.3 Å². The first-order valence-electron chi connectivity index (χ1n) is 7.10. The van der Waals surface area contributed by atoms with Crippen molar-refractivity contribution in [3.8, 4) is 0 Å². The number of anilines is 1. The lowest BCUT2D eigenvalue weighted by molar-refractivity contribution is 0.101. The lowest BCUT2D eigenvalue weighted by Crippen LogP contribution is -2.16. The summed E-state index contributed by atoms with van der Waals surface area (Å²) in [6.45, 7) is 2.72. The van der Waals surface area contributed by atoms with Crippen molar-refractivity contribution in [2.45, 2.75) is 13.5 Å². The first-order valence-corrected chi connectivity index (χ1v) is 7.89. The molecule has 0 fully saturated rings. The van der Waals surface area contributed by atoms with Crippen molar-refractivity contribution in [1.82, 2.24) is 19.6 Å². The fraction of sp³-hybridized carbons (Fsp3) is 0.188. The molecule has 0 saturated carbocycles. The van der Waals surface area contributed by atoms with Crippen molar-refractivity contribution in [3.05, 3.63) is 64.1 Å². The minimum Gasteiger partial charge on any atom is -0.318 e. The molecule has 2 aromatic heterocycles. The third kappa shape index (κ3) is 3.50. The zero-order valence-corrected chi connectivity index (χ0v) is 14.4. The molecule has 0 saturated heterocycles. The predicted molar refractivity (Wildman–Crippen MR) is 91.4 cm³/mol. The van der Waals surface area contributed by atoms with Crippen LogP contribution in [0.5, 0.6) is 0 Å². The summed E-state index contributed by atoms with van der Waals surface area (Å²) in [6, 6.07) is 8.26. The summed E-state index contributed by atoms with van der Waals surface area (Å²) < 4.78 is 3.98. The van der Waals surface area contributed by atoms with E-state index < -0.39 is 0 Å². The highest BCUT2D eigenvalue weighted by Gasteiger charge is 2.16. The van der Waals surface area contributed by atoms with E-state index in [4.69, 9.17) is 0 Å². The Balaban J connectivity index is 1.71. The highest BCUT2D eigenvalue weighted by molar-refractivity contribution is 9.10. The molecule has 23 heavy (non-hydrogen) atoms. The Bertz CT molecular complexity index is 832. The van der Waals surface area contributed by atoms with Crippen LogP contribution in [0.4, 0.5) is 5.69 Å². The lowest BCUT2D eigenvalue weighted by Gasteiger charge is -2.04. The van der Waals surface area contributed by atoms with Crippen LogP contribution in [0, 0.1) is 6.92 Å². The smallest absolute Gasteiger partial charge is 0.275 e. The van der Waals surface area contributed by atoms with Gasteiger partial charge in [-0.3, -0.25) is 14.2 Å². The van der Waals surface area contributed by atoms with E-state index in [0.29, 0.717) is 22.4 Å². The van der Waals surface area contributed by atoms with Crippen molar-refractivity contribution < 1.29 is 4.79 Å². The number of rotatable bonds is 4. The minimum atomic E-state index is -0.230. The van der Waals surface area contributed by atoms with E-state index in [1.165, 1.54) is 15.8 Å². The van der Waals surface area contributed by atoms with Crippen LogP contribution in [0.25, 0.3) is 0 Å². The number of carbonyl (C=O) groups is 1. The van der Waals surface area contributed by atoms with E-state index in [1.807, 2.05) is 12.3 Å². The molecule has 6 nitrogen and oxygen atoms in total. The lowest BCUT2D eigenvalue weighted by atomic mass is 10.1. The van der Waals surface area contributed by atoms with Gasteiger partial charge in [-0.2, -0.15) is 10.2 Å². The fourth-order valence-electron chi connectivity index (χ4n) is 2.37. The number of benzene rings is 1. The Morgan fingerprint density at radius 3 is 2.83 bits per heavy atom. The van der Waals surface area contributed by atoms with Crippen LogP contribution in [0.1, 0.15) is 21.6 Å². The van der Waals surface area contributed by atoms with Gasteiger partial charge in [-0.05, 0) is 28.4 Å². The molecule has 0 aliphatic carbocycles. The fourth-order valence-corrected chi connectivity index (χ4v) is 2.90. The van der Waals surface area contributed by atoms with E-state index in [2.05, 4.69) is 56.6 Å². The summed E-state index contributed by atoms with van der Waals surface area (Å²) in [5.41, 5.74) is 3.50. The molecule has 3 rings (SSSR count). The Labute approximate surface area is 142 Å². The molecule has 0 aliphatic heterocycles. The molecule has 1 aromatic carbocycles. The molecule has 1 N–H and O–H groups in total. The number of nitrogens with zero attached hydrogens (tertiary/aromatic N) is 4. The molecule has 2 heterocycles. The highest BCUT2D eigenvalue weighted by atomic mass is 79.9. The first-order chi connectivity index (χ1) is 11.0. The van der Waals surface area contributed by atoms with Crippen molar-refractivity contribution in [1.29, 1.82) is 0 Å². The second kappa shape index (κ2) is 6.37. The highest BCUT2D eigenvalue weighted by Crippen LogP contribution is 2.17. The Morgan fingerprint density at radius 2 is 2.13 bits per heavy atom. The zero-order chi connectivity index (χ0) is 16.4. The monoisotopic (exact) mass is 373 g/mol. The minimum absolute atomic E-state index is 0.230. The van der Waals surface area contributed by atoms with Crippen molar-refractivity contribution in [3.63, 3.8) is 0 Å². The molecule has 0 spiro atoms. The number of carbonyl (C=O) groups excluding carboxylic acids is 1. The van der Waals surface area contributed by atoms with Crippen LogP contribution in [0.3, 0.4) is 0 Å². The van der Waals surface area contributed by atoms with Crippen LogP contribution in [-0.4, -0.2) is 25.5 Å². The van der Waals surface area contributed by atoms with E-state index >= 15 is 0 Å². The molecule has 118 valence electrons. The summed E-state index contributed by atoms with van der Waals surface area (Å²) in [6.07, 6.45) is 5.04. The van der Waals surface area contributed by atoms with Gasteiger partial charge < -0.3 is 5.32 Å². The number of aromatic nitrogens is 4. The molecular weight excluding hydrogens is 358 g/mol. The van der Waals surface area contributed by atoms with Crippen LogP contribution in [-0.2, 0) is 13.6 Å². The second-order valence-corrected chi connectivity index (χ2v) is 6.19. The molecule has 7 heteroatoms. The maximum atomic E-state index is 12.3. The molecule has 0 unspecified atom stereocenters. The largest absolute Gasteiger partial charge is 0.318 e. The Hall–Kier alpha value is -2.41. The summed E-state index contributed by atoms with van der Waals surface area (Å²) in [5.74, 6) is -0.230. The van der Waals surface area contributed by atoms with E-state index in [-0.39, 0.29) is 5.91 Å². The van der Waals surface area contributed by atoms with Crippen LogP contribution >= 0.6 is 15.9 Å². The molecule has 1 amide bonds. The Kier molecular flexibility index (Phi) is 4.29. The van der Waals surface area contributed by atoms with Gasteiger partial charge in [-0.1, -0.05) is 29.8 Å². The quantitative estimate of drug-likeness (QED) is 0.764. The number of halogens is 1. The standard InChI is InChI=1S/C16H16BrN5O/c1-11-4-3-5-12(6-11)9-22-10-13(7-19-22)20-16(23)15-14(17)8-18-21(15)2/h3-8,10H,9H2,1-2H3,(H,20,23). The molecule has 0 atom stereocenters. The molecule has 3 aromatic rings. The van der Waals surface area contributed by atoms with E-state index in [9.17, 15) is 4.79 Å². The summed E-state index contributed by atoms with van der Waals surface area (Å²) in [5, 5.41) is 11.2. The molecule has 0 radical (unpaired) electrons. The van der Waals surface area contributed by atoms with Gasteiger partial charge in [0, 0.05) is 13.2 Å². The number of aryl methyl sites for hydroxylation is 2. The second-order valence-electron chi connectivity index (χ2n) is 5.33. The maximum absolute atomic E-state index is 12.3. The van der Waals surface area contributed by atoms with Gasteiger partial charge >= 0.3 is 0 Å². The van der Waals surface area contributed by atoms with E-state index in [1.54, 1.807) is 24.1 Å². The summed E-state index contributed by atoms with van der Waals surface area (Å²) in [7, 11) is 1.72. The SMILES string of the molecule is Cc1cccc(Cn2cc(NC(=O)c3c(Br)cnn3C)cn2)c1. The van der Waals surface area contributed by atoms with Gasteiger partial charge in [0.05, 0.1) is 29.1 Å². The average molecular weight is 374 g/mol. The molecule has 0 aliphatic rings. The van der Waals surface area contributed by atoms with Gasteiger partial charge in [0.2, 0.25) is 0 Å². The van der Waals surface area contributed by atoms with Gasteiger partial charge in [-0.25, -0.2) is 0 Å². The zero-order valence-electron chi connectivity index (χ0n) is 12.8. The molecular formula is C16H16BrN5O. The number of nitrogens with one attached hydrogen (secondary N) is 1. The van der Waals surface area contributed by atoms with Crippen LogP contribution in [0.2, 0.25) is 0 Å². The summed E-state index contributed by atoms with van der Waals surface area (Å²) >= 11 is 3.32. The first kappa shape index (κ1) is 15.5. The van der Waals surface area contributed by atoms with E-state index in [0.717, 1.165) is 0 Å². The molecule has 0 bridgehead atoms. The normalized spacial score (nSPS) is 10.7. The third-order valence-corrected chi connectivity index (χ3v) is 4.01. The topological polar surface area (TPSA) is 64.7 Å². The van der Waals surface area contributed by atoms with Crippen molar-refractivity contribution in [2.24, 2.45) is 7.05 Å². The number of amides is 1. The summed E-state index contributed by atoms with van der Waals surface area (Å²) in [4.78, 5) is 12.3. The predicted octanol–water partition coefficient (Wildman–Crippen LogP) is 2.99. The number of hydrogen-bond donors (Lipinski definition) is 1. The van der Waals surface area contributed by atoms with Gasteiger partial charge in [0.25, 0.3) is 5.91 Å². The van der Waals surface area contributed by atoms with Crippen molar-refractivity contribution >= 4 is 27.5 Å². The Morgan fingerprint density at radius 1 is 1.30 bits per heavy atom. The van der Waals surface area contributed by atoms with Crippen molar-refractivity contribution in [2.75, 3.05) is 5.32 Å². The van der Waals surface area contributed by atoms with Gasteiger partial charge in [0.1, 0.15) is 5.69 Å². The third-order valence-electron chi connectivity index (χ3n) is 3.43. The van der Waals surface area contributed by atoms with Gasteiger partial charge in [0.15, 0.2) is 0 Å². The average Bonchev–Trinajstić information content (AvgIpc) is 3.06. The van der Waals surface area contributed by atoms with Gasteiger partial charge in [-0.15, -0.1) is 0 Å². The maximum Gasteiger partial charge on any atom is 0.275 e.